The van der Waals surface area contributed by atoms with Gasteiger partial charge in [-0.3, -0.25) is 0 Å². The first-order chi connectivity index (χ1) is 9.34. The first-order valence-corrected chi connectivity index (χ1v) is 6.62. The molecule has 1 fully saturated rings. The third kappa shape index (κ3) is 2.67. The van der Waals surface area contributed by atoms with E-state index in [1.54, 1.807) is 0 Å². The molecule has 0 bridgehead atoms. The van der Waals surface area contributed by atoms with E-state index in [4.69, 9.17) is 4.52 Å². The molecule has 5 nitrogen and oxygen atoms in total. The number of rotatable bonds is 3. The molecule has 1 saturated heterocycles. The molecule has 19 heavy (non-hydrogen) atoms. The molecule has 1 aromatic carbocycles. The van der Waals surface area contributed by atoms with Crippen molar-refractivity contribution in [3.63, 3.8) is 0 Å². The molecule has 2 aromatic rings. The first kappa shape index (κ1) is 12.3. The van der Waals surface area contributed by atoms with Gasteiger partial charge >= 0.3 is 0 Å². The number of aliphatic hydroxyl groups excluding tert-OH is 1. The predicted molar refractivity (Wildman–Crippen MR) is 69.6 cm³/mol. The maximum Gasteiger partial charge on any atom is 0.260 e. The normalized spacial score (nSPS) is 21.2. The summed E-state index contributed by atoms with van der Waals surface area (Å²) in [5.74, 6) is 1.25. The van der Waals surface area contributed by atoms with Gasteiger partial charge in [0.15, 0.2) is 11.9 Å². The van der Waals surface area contributed by atoms with Crippen LogP contribution in [0.4, 0.5) is 0 Å². The maximum atomic E-state index is 10.2. The van der Waals surface area contributed by atoms with Crippen molar-refractivity contribution in [1.82, 2.24) is 15.5 Å². The average Bonchev–Trinajstić information content (AvgIpc) is 2.98. The van der Waals surface area contributed by atoms with Gasteiger partial charge in [-0.25, -0.2) is 0 Å². The van der Waals surface area contributed by atoms with Crippen LogP contribution in [0, 0.1) is 0 Å². The quantitative estimate of drug-likeness (QED) is 0.876. The third-order valence-electron chi connectivity index (χ3n) is 3.47. The molecule has 100 valence electrons. The summed E-state index contributed by atoms with van der Waals surface area (Å²) in [4.78, 5) is 4.34. The highest BCUT2D eigenvalue weighted by atomic mass is 16.5. The highest BCUT2D eigenvalue weighted by Crippen LogP contribution is 2.24. The molecule has 0 radical (unpaired) electrons. The van der Waals surface area contributed by atoms with Crippen LogP contribution in [0.3, 0.4) is 0 Å². The van der Waals surface area contributed by atoms with Gasteiger partial charge in [-0.1, -0.05) is 35.5 Å². The topological polar surface area (TPSA) is 71.2 Å². The fourth-order valence-corrected chi connectivity index (χ4v) is 2.37. The zero-order valence-electron chi connectivity index (χ0n) is 10.6. The number of nitrogens with zero attached hydrogens (tertiary/aromatic N) is 2. The number of benzene rings is 1. The Labute approximate surface area is 111 Å². The zero-order chi connectivity index (χ0) is 13.1. The Balaban J connectivity index is 1.77. The van der Waals surface area contributed by atoms with Crippen molar-refractivity contribution in [2.24, 2.45) is 0 Å². The van der Waals surface area contributed by atoms with Crippen LogP contribution in [0.25, 0.3) is 0 Å². The molecule has 2 heterocycles. The summed E-state index contributed by atoms with van der Waals surface area (Å²) in [7, 11) is 0. The number of hydrogen-bond donors (Lipinski definition) is 2. The van der Waals surface area contributed by atoms with Gasteiger partial charge in [-0.15, -0.1) is 0 Å². The second-order valence-electron chi connectivity index (χ2n) is 4.85. The van der Waals surface area contributed by atoms with Crippen molar-refractivity contribution in [3.05, 3.63) is 47.6 Å². The van der Waals surface area contributed by atoms with E-state index < -0.39 is 6.10 Å². The lowest BCUT2D eigenvalue weighted by molar-refractivity contribution is 0.170. The van der Waals surface area contributed by atoms with Crippen molar-refractivity contribution < 1.29 is 9.63 Å². The van der Waals surface area contributed by atoms with Gasteiger partial charge in [0.25, 0.3) is 5.89 Å². The summed E-state index contributed by atoms with van der Waals surface area (Å²) in [5, 5.41) is 17.5. The summed E-state index contributed by atoms with van der Waals surface area (Å²) >= 11 is 0. The monoisotopic (exact) mass is 259 g/mol. The molecule has 1 aromatic heterocycles. The summed E-state index contributed by atoms with van der Waals surface area (Å²) in [6, 6.07) is 9.35. The van der Waals surface area contributed by atoms with Crippen LogP contribution in [0.5, 0.6) is 0 Å². The second kappa shape index (κ2) is 5.50. The fraction of sp³-hybridized carbons (Fsp3) is 0.429. The first-order valence-electron chi connectivity index (χ1n) is 6.62. The lowest BCUT2D eigenvalue weighted by atomic mass is 9.99. The molecule has 0 spiro atoms. The van der Waals surface area contributed by atoms with Gasteiger partial charge in [0.2, 0.25) is 0 Å². The van der Waals surface area contributed by atoms with Gasteiger partial charge in [0.05, 0.1) is 0 Å². The zero-order valence-corrected chi connectivity index (χ0v) is 10.6. The molecule has 3 rings (SSSR count). The van der Waals surface area contributed by atoms with E-state index in [1.165, 1.54) is 0 Å². The molecule has 2 atom stereocenters. The number of hydrogen-bond acceptors (Lipinski definition) is 5. The Hall–Kier alpha value is -1.72. The van der Waals surface area contributed by atoms with E-state index in [1.807, 2.05) is 30.3 Å². The van der Waals surface area contributed by atoms with Crippen LogP contribution in [0.15, 0.2) is 34.9 Å². The number of piperidine rings is 1. The predicted octanol–water partition coefficient (Wildman–Crippen LogP) is 1.62. The smallest absolute Gasteiger partial charge is 0.260 e. The third-order valence-corrected chi connectivity index (χ3v) is 3.47. The lowest BCUT2D eigenvalue weighted by Crippen LogP contribution is -2.28. The lowest BCUT2D eigenvalue weighted by Gasteiger charge is -2.19. The molecule has 0 amide bonds. The van der Waals surface area contributed by atoms with E-state index in [9.17, 15) is 5.11 Å². The number of nitrogens with one attached hydrogen (secondary N) is 1. The van der Waals surface area contributed by atoms with Crippen molar-refractivity contribution in [1.29, 1.82) is 0 Å². The summed E-state index contributed by atoms with van der Waals surface area (Å²) in [5.41, 5.74) is 0.763. The highest BCUT2D eigenvalue weighted by Gasteiger charge is 2.23. The number of aromatic nitrogens is 2. The maximum absolute atomic E-state index is 10.2. The Kier molecular flexibility index (Phi) is 3.57. The summed E-state index contributed by atoms with van der Waals surface area (Å²) in [6.45, 7) is 1.92. The minimum Gasteiger partial charge on any atom is -0.378 e. The van der Waals surface area contributed by atoms with E-state index in [-0.39, 0.29) is 11.8 Å². The van der Waals surface area contributed by atoms with Crippen LogP contribution in [0.1, 0.15) is 42.1 Å². The van der Waals surface area contributed by atoms with Crippen molar-refractivity contribution in [2.45, 2.75) is 24.9 Å². The SMILES string of the molecule is OC(c1ccccc1)c1nc(C2CCCNC2)no1. The van der Waals surface area contributed by atoms with E-state index in [0.717, 1.165) is 31.5 Å². The summed E-state index contributed by atoms with van der Waals surface area (Å²) < 4.78 is 5.20. The minimum absolute atomic E-state index is 0.270. The van der Waals surface area contributed by atoms with E-state index in [0.29, 0.717) is 5.82 Å². The molecule has 1 aliphatic heterocycles. The van der Waals surface area contributed by atoms with Crippen LogP contribution in [-0.4, -0.2) is 28.3 Å². The Morgan fingerprint density at radius 3 is 2.89 bits per heavy atom. The van der Waals surface area contributed by atoms with Crippen molar-refractivity contribution >= 4 is 0 Å². The summed E-state index contributed by atoms with van der Waals surface area (Å²) in [6.07, 6.45) is 1.34. The van der Waals surface area contributed by atoms with Crippen LogP contribution in [0.2, 0.25) is 0 Å². The molecule has 5 heteroatoms. The molecular weight excluding hydrogens is 242 g/mol. The minimum atomic E-state index is -0.848. The Morgan fingerprint density at radius 2 is 2.16 bits per heavy atom. The molecule has 1 aliphatic rings. The van der Waals surface area contributed by atoms with Gasteiger partial charge in [0.1, 0.15) is 0 Å². The average molecular weight is 259 g/mol. The second-order valence-corrected chi connectivity index (χ2v) is 4.85. The van der Waals surface area contributed by atoms with Gasteiger partial charge in [0, 0.05) is 12.5 Å². The molecule has 0 aliphatic carbocycles. The van der Waals surface area contributed by atoms with Crippen LogP contribution < -0.4 is 5.32 Å². The Morgan fingerprint density at radius 1 is 1.32 bits per heavy atom. The Bertz CT molecular complexity index is 520. The van der Waals surface area contributed by atoms with Gasteiger partial charge in [-0.05, 0) is 24.9 Å². The van der Waals surface area contributed by atoms with E-state index in [2.05, 4.69) is 15.5 Å². The molecule has 2 N–H and O–H groups in total. The molecule has 2 unspecified atom stereocenters. The largest absolute Gasteiger partial charge is 0.378 e. The highest BCUT2D eigenvalue weighted by molar-refractivity contribution is 5.21. The number of aliphatic hydroxyl groups is 1. The van der Waals surface area contributed by atoms with Crippen molar-refractivity contribution in [2.75, 3.05) is 13.1 Å². The van der Waals surface area contributed by atoms with Gasteiger partial charge < -0.3 is 14.9 Å². The van der Waals surface area contributed by atoms with Crippen LogP contribution in [-0.2, 0) is 0 Å². The van der Waals surface area contributed by atoms with E-state index >= 15 is 0 Å². The fourth-order valence-electron chi connectivity index (χ4n) is 2.37. The molecule has 0 saturated carbocycles. The molecular formula is C14H17N3O2. The van der Waals surface area contributed by atoms with Crippen molar-refractivity contribution in [3.8, 4) is 0 Å². The van der Waals surface area contributed by atoms with Crippen LogP contribution >= 0.6 is 0 Å². The standard InChI is InChI=1S/C14H17N3O2/c18-12(10-5-2-1-3-6-10)14-16-13(17-19-14)11-7-4-8-15-9-11/h1-3,5-6,11-12,15,18H,4,7-9H2. The van der Waals surface area contributed by atoms with Gasteiger partial charge in [-0.2, -0.15) is 4.98 Å².